The van der Waals surface area contributed by atoms with E-state index in [1.165, 1.54) is 0 Å². The summed E-state index contributed by atoms with van der Waals surface area (Å²) in [5.74, 6) is 0. The minimum absolute atomic E-state index is 0.326. The van der Waals surface area contributed by atoms with Crippen molar-refractivity contribution in [3.8, 4) is 5.69 Å². The summed E-state index contributed by atoms with van der Waals surface area (Å²) in [4.78, 5) is 15.9. The highest BCUT2D eigenvalue weighted by Crippen LogP contribution is 2.22. The van der Waals surface area contributed by atoms with Gasteiger partial charge in [0.05, 0.1) is 29.9 Å². The van der Waals surface area contributed by atoms with Gasteiger partial charge in [0.2, 0.25) is 0 Å². The Balaban J connectivity index is 2.00. The SMILES string of the molecule is CCOC(=O)Nc1cnc2c(c1)c(C)nn2-c1ccccc1. The van der Waals surface area contributed by atoms with Crippen molar-refractivity contribution in [1.29, 1.82) is 0 Å². The fraction of sp³-hybridized carbons (Fsp3) is 0.188. The Labute approximate surface area is 127 Å². The molecule has 0 aliphatic rings. The summed E-state index contributed by atoms with van der Waals surface area (Å²) in [5.41, 5.74) is 3.12. The first-order valence-corrected chi connectivity index (χ1v) is 7.03. The molecule has 22 heavy (non-hydrogen) atoms. The van der Waals surface area contributed by atoms with E-state index in [-0.39, 0.29) is 0 Å². The van der Waals surface area contributed by atoms with Crippen LogP contribution in [0.3, 0.4) is 0 Å². The quantitative estimate of drug-likeness (QED) is 0.805. The van der Waals surface area contributed by atoms with Crippen LogP contribution in [0.25, 0.3) is 16.7 Å². The van der Waals surface area contributed by atoms with Crippen molar-refractivity contribution >= 4 is 22.8 Å². The van der Waals surface area contributed by atoms with E-state index in [0.29, 0.717) is 12.3 Å². The summed E-state index contributed by atoms with van der Waals surface area (Å²) in [6.45, 7) is 4.00. The number of amides is 1. The van der Waals surface area contributed by atoms with Crippen LogP contribution in [0, 0.1) is 6.92 Å². The van der Waals surface area contributed by atoms with Gasteiger partial charge in [-0.2, -0.15) is 5.10 Å². The molecule has 0 bridgehead atoms. The van der Waals surface area contributed by atoms with Crippen LogP contribution >= 0.6 is 0 Å². The molecule has 0 aliphatic carbocycles. The number of ether oxygens (including phenoxy) is 1. The number of nitrogens with one attached hydrogen (secondary N) is 1. The predicted molar refractivity (Wildman–Crippen MR) is 84.2 cm³/mol. The van der Waals surface area contributed by atoms with E-state index in [1.807, 2.05) is 43.3 Å². The number of nitrogens with zero attached hydrogens (tertiary/aromatic N) is 3. The second-order valence-corrected chi connectivity index (χ2v) is 4.77. The molecule has 0 saturated heterocycles. The number of anilines is 1. The van der Waals surface area contributed by atoms with Gasteiger partial charge in [-0.15, -0.1) is 0 Å². The Bertz CT molecular complexity index is 812. The lowest BCUT2D eigenvalue weighted by molar-refractivity contribution is 0.168. The highest BCUT2D eigenvalue weighted by atomic mass is 16.5. The Morgan fingerprint density at radius 2 is 2.09 bits per heavy atom. The highest BCUT2D eigenvalue weighted by Gasteiger charge is 2.12. The number of benzene rings is 1. The molecule has 1 N–H and O–H groups in total. The summed E-state index contributed by atoms with van der Waals surface area (Å²) in [5, 5.41) is 8.06. The largest absolute Gasteiger partial charge is 0.450 e. The van der Waals surface area contributed by atoms with Crippen molar-refractivity contribution < 1.29 is 9.53 Å². The zero-order valence-corrected chi connectivity index (χ0v) is 12.4. The van der Waals surface area contributed by atoms with Gasteiger partial charge in [-0.05, 0) is 32.0 Å². The molecular formula is C16H16N4O2. The van der Waals surface area contributed by atoms with Crippen molar-refractivity contribution in [3.63, 3.8) is 0 Å². The van der Waals surface area contributed by atoms with Gasteiger partial charge in [-0.25, -0.2) is 14.5 Å². The summed E-state index contributed by atoms with van der Waals surface area (Å²) >= 11 is 0. The maximum atomic E-state index is 11.5. The minimum Gasteiger partial charge on any atom is -0.450 e. The molecule has 3 aromatic rings. The molecule has 0 fully saturated rings. The molecule has 0 radical (unpaired) electrons. The molecule has 2 heterocycles. The molecule has 2 aromatic heterocycles. The number of para-hydroxylation sites is 1. The van der Waals surface area contributed by atoms with Crippen LogP contribution in [-0.2, 0) is 4.74 Å². The first kappa shape index (κ1) is 14.1. The fourth-order valence-electron chi connectivity index (χ4n) is 2.25. The monoisotopic (exact) mass is 296 g/mol. The van der Waals surface area contributed by atoms with Gasteiger partial charge in [0.1, 0.15) is 0 Å². The molecule has 0 aliphatic heterocycles. The topological polar surface area (TPSA) is 69.0 Å². The predicted octanol–water partition coefficient (Wildman–Crippen LogP) is 3.30. The van der Waals surface area contributed by atoms with Gasteiger partial charge in [-0.1, -0.05) is 18.2 Å². The maximum absolute atomic E-state index is 11.5. The summed E-state index contributed by atoms with van der Waals surface area (Å²) in [6.07, 6.45) is 1.11. The molecule has 1 aromatic carbocycles. The van der Waals surface area contributed by atoms with Gasteiger partial charge in [0, 0.05) is 5.39 Å². The maximum Gasteiger partial charge on any atom is 0.411 e. The summed E-state index contributed by atoms with van der Waals surface area (Å²) in [7, 11) is 0. The van der Waals surface area contributed by atoms with E-state index in [2.05, 4.69) is 15.4 Å². The number of rotatable bonds is 3. The second-order valence-electron chi connectivity index (χ2n) is 4.77. The van der Waals surface area contributed by atoms with E-state index in [1.54, 1.807) is 17.8 Å². The van der Waals surface area contributed by atoms with Crippen LogP contribution in [0.4, 0.5) is 10.5 Å². The van der Waals surface area contributed by atoms with Crippen molar-refractivity contribution in [2.75, 3.05) is 11.9 Å². The number of hydrogen-bond donors (Lipinski definition) is 1. The van der Waals surface area contributed by atoms with E-state index in [9.17, 15) is 4.79 Å². The highest BCUT2D eigenvalue weighted by molar-refractivity contribution is 5.89. The molecule has 0 spiro atoms. The minimum atomic E-state index is -0.489. The van der Waals surface area contributed by atoms with E-state index in [0.717, 1.165) is 22.4 Å². The smallest absolute Gasteiger partial charge is 0.411 e. The second kappa shape index (κ2) is 5.85. The van der Waals surface area contributed by atoms with Gasteiger partial charge in [0.25, 0.3) is 0 Å². The van der Waals surface area contributed by atoms with Crippen LogP contribution in [0.15, 0.2) is 42.6 Å². The summed E-state index contributed by atoms with van der Waals surface area (Å²) < 4.78 is 6.65. The van der Waals surface area contributed by atoms with Gasteiger partial charge >= 0.3 is 6.09 Å². The lowest BCUT2D eigenvalue weighted by atomic mass is 10.2. The molecule has 6 nitrogen and oxygen atoms in total. The lowest BCUT2D eigenvalue weighted by Crippen LogP contribution is -2.13. The number of pyridine rings is 1. The first-order valence-electron chi connectivity index (χ1n) is 7.03. The third-order valence-corrected chi connectivity index (χ3v) is 3.23. The third kappa shape index (κ3) is 2.63. The van der Waals surface area contributed by atoms with Crippen molar-refractivity contribution in [2.45, 2.75) is 13.8 Å². The number of aromatic nitrogens is 3. The van der Waals surface area contributed by atoms with Crippen molar-refractivity contribution in [3.05, 3.63) is 48.3 Å². The zero-order chi connectivity index (χ0) is 15.5. The molecule has 0 saturated carbocycles. The number of hydrogen-bond acceptors (Lipinski definition) is 4. The van der Waals surface area contributed by atoms with Crippen LogP contribution in [0.1, 0.15) is 12.6 Å². The molecule has 0 unspecified atom stereocenters. The van der Waals surface area contributed by atoms with Crippen LogP contribution in [-0.4, -0.2) is 27.5 Å². The number of fused-ring (bicyclic) bond motifs is 1. The lowest BCUT2D eigenvalue weighted by Gasteiger charge is -2.05. The number of carbonyl (C=O) groups excluding carboxylic acids is 1. The van der Waals surface area contributed by atoms with Crippen LogP contribution in [0.5, 0.6) is 0 Å². The van der Waals surface area contributed by atoms with Gasteiger partial charge in [-0.3, -0.25) is 5.32 Å². The average Bonchev–Trinajstić information content (AvgIpc) is 2.85. The Morgan fingerprint density at radius 3 is 2.82 bits per heavy atom. The Hall–Kier alpha value is -2.89. The molecule has 112 valence electrons. The van der Waals surface area contributed by atoms with E-state index < -0.39 is 6.09 Å². The van der Waals surface area contributed by atoms with Crippen LogP contribution in [0.2, 0.25) is 0 Å². The van der Waals surface area contributed by atoms with E-state index in [4.69, 9.17) is 4.74 Å². The Morgan fingerprint density at radius 1 is 1.32 bits per heavy atom. The molecule has 1 amide bonds. The zero-order valence-electron chi connectivity index (χ0n) is 12.4. The molecule has 6 heteroatoms. The molecule has 0 atom stereocenters. The fourth-order valence-corrected chi connectivity index (χ4v) is 2.25. The number of aryl methyl sites for hydroxylation is 1. The van der Waals surface area contributed by atoms with Crippen LogP contribution < -0.4 is 5.32 Å². The molecular weight excluding hydrogens is 280 g/mol. The standard InChI is InChI=1S/C16H16N4O2/c1-3-22-16(21)18-12-9-14-11(2)19-20(15(14)17-10-12)13-7-5-4-6-8-13/h4-10H,3H2,1-2H3,(H,18,21). The molecule has 3 rings (SSSR count). The van der Waals surface area contributed by atoms with Crippen molar-refractivity contribution in [2.24, 2.45) is 0 Å². The van der Waals surface area contributed by atoms with E-state index >= 15 is 0 Å². The van der Waals surface area contributed by atoms with Gasteiger partial charge in [0.15, 0.2) is 5.65 Å². The van der Waals surface area contributed by atoms with Gasteiger partial charge < -0.3 is 4.74 Å². The number of carbonyl (C=O) groups is 1. The average molecular weight is 296 g/mol. The third-order valence-electron chi connectivity index (χ3n) is 3.23. The van der Waals surface area contributed by atoms with Crippen molar-refractivity contribution in [1.82, 2.24) is 14.8 Å². The Kier molecular flexibility index (Phi) is 3.74. The first-order chi connectivity index (χ1) is 10.7. The normalized spacial score (nSPS) is 10.6. The summed E-state index contributed by atoms with van der Waals surface area (Å²) in [6, 6.07) is 11.7.